The molecule has 0 saturated carbocycles. The van der Waals surface area contributed by atoms with Crippen molar-refractivity contribution in [2.24, 2.45) is 10.9 Å². The average molecular weight is 480 g/mol. The Labute approximate surface area is 173 Å². The van der Waals surface area contributed by atoms with Crippen molar-refractivity contribution in [1.82, 2.24) is 15.5 Å². The number of aliphatic imine (C=N–C) groups is 1. The van der Waals surface area contributed by atoms with Crippen LogP contribution in [0.2, 0.25) is 0 Å². The second-order valence-corrected chi connectivity index (χ2v) is 7.96. The van der Waals surface area contributed by atoms with Crippen molar-refractivity contribution < 1.29 is 4.74 Å². The summed E-state index contributed by atoms with van der Waals surface area (Å²) < 4.78 is 5.54. The van der Waals surface area contributed by atoms with Crippen LogP contribution in [0.4, 0.5) is 0 Å². The van der Waals surface area contributed by atoms with Crippen LogP contribution in [-0.2, 0) is 11.2 Å². The third kappa shape index (κ3) is 7.03. The van der Waals surface area contributed by atoms with Gasteiger partial charge >= 0.3 is 0 Å². The highest BCUT2D eigenvalue weighted by atomic mass is 127. The van der Waals surface area contributed by atoms with Crippen LogP contribution in [0, 0.1) is 5.92 Å². The number of rotatable bonds is 7. The van der Waals surface area contributed by atoms with E-state index in [9.17, 15) is 0 Å². The lowest BCUT2D eigenvalue weighted by atomic mass is 9.88. The highest BCUT2D eigenvalue weighted by molar-refractivity contribution is 14.0. The number of nitrogens with one attached hydrogen (secondary N) is 2. The molecule has 1 aromatic heterocycles. The molecule has 1 aromatic rings. The van der Waals surface area contributed by atoms with Crippen LogP contribution < -0.4 is 10.6 Å². The summed E-state index contributed by atoms with van der Waals surface area (Å²) in [5, 5.41) is 9.13. The van der Waals surface area contributed by atoms with E-state index in [2.05, 4.69) is 59.1 Å². The first-order valence-corrected chi connectivity index (χ1v) is 9.66. The molecule has 1 unspecified atom stereocenters. The molecule has 0 spiro atoms. The first kappa shape index (κ1) is 22.7. The normalized spacial score (nSPS) is 18.5. The minimum Gasteiger partial charge on any atom is -0.381 e. The molecule has 0 aliphatic carbocycles. The molecule has 1 aliphatic rings. The average Bonchev–Trinajstić information content (AvgIpc) is 3.08. The zero-order chi connectivity index (χ0) is 17.4. The third-order valence-corrected chi connectivity index (χ3v) is 5.83. The molecule has 2 rings (SSSR count). The van der Waals surface area contributed by atoms with Gasteiger partial charge in [-0.15, -0.1) is 35.3 Å². The van der Waals surface area contributed by atoms with Gasteiger partial charge in [0.1, 0.15) is 0 Å². The van der Waals surface area contributed by atoms with Gasteiger partial charge < -0.3 is 20.3 Å². The number of likely N-dealkylation sites (N-methyl/N-ethyl adjacent to an activating group) is 1. The number of guanidine groups is 1. The smallest absolute Gasteiger partial charge is 0.191 e. The maximum absolute atomic E-state index is 5.54. The summed E-state index contributed by atoms with van der Waals surface area (Å²) in [4.78, 5) is 8.15. The molecule has 0 amide bonds. The van der Waals surface area contributed by atoms with Crippen LogP contribution in [0.15, 0.2) is 22.5 Å². The second-order valence-electron chi connectivity index (χ2n) is 6.93. The lowest BCUT2D eigenvalue weighted by molar-refractivity contribution is -0.00501. The van der Waals surface area contributed by atoms with Crippen molar-refractivity contribution in [3.05, 3.63) is 22.4 Å². The maximum atomic E-state index is 5.54. The molecule has 25 heavy (non-hydrogen) atoms. The van der Waals surface area contributed by atoms with Crippen LogP contribution in [-0.4, -0.2) is 63.8 Å². The lowest BCUT2D eigenvalue weighted by Gasteiger charge is -2.43. The standard InChI is InChI=1S/C18H32N4OS.HI/c1-15(12-16-6-5-11-24-16)13-20-17(19-2)21-14-18(22(3)4)7-9-23-10-8-18;/h5-6,11,15H,7-10,12-14H2,1-4H3,(H2,19,20,21);1H. The third-order valence-electron chi connectivity index (χ3n) is 4.93. The van der Waals surface area contributed by atoms with E-state index in [0.717, 1.165) is 51.5 Å². The van der Waals surface area contributed by atoms with E-state index in [1.54, 1.807) is 0 Å². The molecule has 1 aliphatic heterocycles. The van der Waals surface area contributed by atoms with Gasteiger partial charge in [-0.1, -0.05) is 13.0 Å². The van der Waals surface area contributed by atoms with Gasteiger partial charge in [-0.25, -0.2) is 0 Å². The maximum Gasteiger partial charge on any atom is 0.191 e. The Bertz CT molecular complexity index is 501. The van der Waals surface area contributed by atoms with Crippen LogP contribution >= 0.6 is 35.3 Å². The predicted molar refractivity (Wildman–Crippen MR) is 118 cm³/mol. The first-order chi connectivity index (χ1) is 11.6. The van der Waals surface area contributed by atoms with E-state index in [4.69, 9.17) is 4.74 Å². The van der Waals surface area contributed by atoms with E-state index >= 15 is 0 Å². The molecular formula is C18H33IN4OS. The SMILES string of the molecule is CN=C(NCC(C)Cc1cccs1)NCC1(N(C)C)CCOCC1.I. The zero-order valence-electron chi connectivity index (χ0n) is 15.9. The molecule has 5 nitrogen and oxygen atoms in total. The number of thiophene rings is 1. The summed E-state index contributed by atoms with van der Waals surface area (Å²) in [6, 6.07) is 4.33. The number of ether oxygens (including phenoxy) is 1. The highest BCUT2D eigenvalue weighted by Crippen LogP contribution is 2.25. The Hall–Kier alpha value is -0.380. The van der Waals surface area contributed by atoms with Gasteiger partial charge in [-0.05, 0) is 50.7 Å². The van der Waals surface area contributed by atoms with Crippen LogP contribution in [0.3, 0.4) is 0 Å². The first-order valence-electron chi connectivity index (χ1n) is 8.78. The molecule has 7 heteroatoms. The molecule has 0 bridgehead atoms. The van der Waals surface area contributed by atoms with Crippen LogP contribution in [0.5, 0.6) is 0 Å². The predicted octanol–water partition coefficient (Wildman–Crippen LogP) is 2.82. The second kappa shape index (κ2) is 11.4. The molecule has 2 N–H and O–H groups in total. The quantitative estimate of drug-likeness (QED) is 0.358. The highest BCUT2D eigenvalue weighted by Gasteiger charge is 2.34. The van der Waals surface area contributed by atoms with Crippen molar-refractivity contribution in [1.29, 1.82) is 0 Å². The van der Waals surface area contributed by atoms with E-state index in [1.165, 1.54) is 4.88 Å². The summed E-state index contributed by atoms with van der Waals surface area (Å²) in [7, 11) is 6.16. The van der Waals surface area contributed by atoms with Gasteiger partial charge in [0.15, 0.2) is 5.96 Å². The Balaban J connectivity index is 0.00000312. The minimum absolute atomic E-state index is 0. The Morgan fingerprint density at radius 3 is 2.64 bits per heavy atom. The van der Waals surface area contributed by atoms with Gasteiger partial charge in [-0.3, -0.25) is 4.99 Å². The topological polar surface area (TPSA) is 48.9 Å². The van der Waals surface area contributed by atoms with Gasteiger partial charge in [0.2, 0.25) is 0 Å². The minimum atomic E-state index is 0. The van der Waals surface area contributed by atoms with Gasteiger partial charge in [-0.2, -0.15) is 0 Å². The van der Waals surface area contributed by atoms with Gasteiger partial charge in [0.25, 0.3) is 0 Å². The molecular weight excluding hydrogens is 447 g/mol. The van der Waals surface area contributed by atoms with Crippen molar-refractivity contribution in [3.63, 3.8) is 0 Å². The Morgan fingerprint density at radius 2 is 2.08 bits per heavy atom. The fraction of sp³-hybridized carbons (Fsp3) is 0.722. The van der Waals surface area contributed by atoms with E-state index < -0.39 is 0 Å². The summed E-state index contributed by atoms with van der Waals surface area (Å²) >= 11 is 1.83. The van der Waals surface area contributed by atoms with E-state index in [0.29, 0.717) is 5.92 Å². The summed E-state index contributed by atoms with van der Waals surface area (Å²) in [5.74, 6) is 1.47. The van der Waals surface area contributed by atoms with E-state index in [1.807, 2.05) is 18.4 Å². The Morgan fingerprint density at radius 1 is 1.36 bits per heavy atom. The number of halogens is 1. The molecule has 0 radical (unpaired) electrons. The molecule has 2 heterocycles. The van der Waals surface area contributed by atoms with Crippen molar-refractivity contribution in [2.75, 3.05) is 47.4 Å². The summed E-state index contributed by atoms with van der Waals surface area (Å²) in [5.41, 5.74) is 0.151. The number of hydrogen-bond donors (Lipinski definition) is 2. The van der Waals surface area contributed by atoms with Gasteiger partial charge in [0, 0.05) is 43.8 Å². The van der Waals surface area contributed by atoms with Gasteiger partial charge in [0.05, 0.1) is 0 Å². The number of hydrogen-bond acceptors (Lipinski definition) is 4. The Kier molecular flexibility index (Phi) is 10.3. The largest absolute Gasteiger partial charge is 0.381 e. The molecule has 1 fully saturated rings. The molecule has 144 valence electrons. The zero-order valence-corrected chi connectivity index (χ0v) is 19.0. The fourth-order valence-electron chi connectivity index (χ4n) is 3.12. The molecule has 1 saturated heterocycles. The van der Waals surface area contributed by atoms with Crippen molar-refractivity contribution in [2.45, 2.75) is 31.7 Å². The summed E-state index contributed by atoms with van der Waals surface area (Å²) in [6.45, 7) is 5.77. The fourth-order valence-corrected chi connectivity index (χ4v) is 3.99. The van der Waals surface area contributed by atoms with E-state index in [-0.39, 0.29) is 29.5 Å². The van der Waals surface area contributed by atoms with Crippen LogP contribution in [0.1, 0.15) is 24.6 Å². The van der Waals surface area contributed by atoms with Crippen molar-refractivity contribution in [3.8, 4) is 0 Å². The monoisotopic (exact) mass is 480 g/mol. The lowest BCUT2D eigenvalue weighted by Crippen LogP contribution is -2.57. The molecule has 0 aromatic carbocycles. The number of nitrogens with zero attached hydrogens (tertiary/aromatic N) is 2. The summed E-state index contributed by atoms with van der Waals surface area (Å²) in [6.07, 6.45) is 3.22. The van der Waals surface area contributed by atoms with Crippen molar-refractivity contribution >= 4 is 41.3 Å². The molecule has 1 atom stereocenters. The van der Waals surface area contributed by atoms with Crippen LogP contribution in [0.25, 0.3) is 0 Å².